The lowest BCUT2D eigenvalue weighted by molar-refractivity contribution is 0.627. The van der Waals surface area contributed by atoms with Gasteiger partial charge in [0.15, 0.2) is 0 Å². The first kappa shape index (κ1) is 26.2. The van der Waals surface area contributed by atoms with Crippen molar-refractivity contribution >= 4 is 55.7 Å². The Labute approximate surface area is 254 Å². The smallest absolute Gasteiger partial charge is 0.125 e. The summed E-state index contributed by atoms with van der Waals surface area (Å²) in [6.07, 6.45) is 1.69. The largest absolute Gasteiger partial charge is 0.313 e. The highest BCUT2D eigenvalue weighted by Crippen LogP contribution is 2.43. The van der Waals surface area contributed by atoms with E-state index in [2.05, 4.69) is 70.5 Å². The van der Waals surface area contributed by atoms with Crippen molar-refractivity contribution < 1.29 is 8.78 Å². The zero-order chi connectivity index (χ0) is 29.6. The molecule has 0 amide bonds. The highest BCUT2D eigenvalue weighted by Gasteiger charge is 2.24. The van der Waals surface area contributed by atoms with E-state index in [4.69, 9.17) is 0 Å². The van der Waals surface area contributed by atoms with Gasteiger partial charge in [-0.25, -0.2) is 8.78 Å². The van der Waals surface area contributed by atoms with E-state index in [1.807, 2.05) is 48.5 Å². The third kappa shape index (κ3) is 4.38. The van der Waals surface area contributed by atoms with E-state index in [9.17, 15) is 8.78 Å². The second-order valence-electron chi connectivity index (χ2n) is 11.2. The molecule has 7 aromatic carbocycles. The van der Waals surface area contributed by atoms with Crippen LogP contribution in [-0.2, 0) is 6.42 Å². The fourth-order valence-electron chi connectivity index (χ4n) is 6.74. The molecule has 0 saturated carbocycles. The molecule has 0 aliphatic heterocycles. The van der Waals surface area contributed by atoms with Crippen LogP contribution < -0.4 is 15.0 Å². The maximum absolute atomic E-state index is 14.6. The van der Waals surface area contributed by atoms with Crippen molar-refractivity contribution in [1.82, 2.24) is 0 Å². The number of hydrogen-bond donors (Lipinski definition) is 0. The fourth-order valence-corrected chi connectivity index (χ4v) is 6.74. The average molecular weight is 575 g/mol. The molecule has 8 rings (SSSR count). The Morgan fingerprint density at radius 1 is 0.455 bits per heavy atom. The molecule has 0 N–H and O–H groups in total. The molecule has 212 valence electrons. The number of rotatable bonds is 6. The maximum Gasteiger partial charge on any atom is 0.125 e. The Morgan fingerprint density at radius 3 is 1.70 bits per heavy atom. The molecular formula is C40H28F2N2. The standard InChI is InChI=1S/C40H28F2N2/c41-29-9-7-15-33(25-29)43(31-11-3-1-4-12-31)37-23-19-27-18-22-36-38(24-20-28-17-21-35(37)39(27)40(28)36)44(32-13-5-2-6-14-32)34-16-8-10-30(42)26-34/h1-19,21-23,25-26H,20,24H2. The second-order valence-corrected chi connectivity index (χ2v) is 11.2. The van der Waals surface area contributed by atoms with Gasteiger partial charge < -0.3 is 9.80 Å². The number of nitrogens with zero attached hydrogens (tertiary/aromatic N) is 2. The highest BCUT2D eigenvalue weighted by atomic mass is 19.1. The van der Waals surface area contributed by atoms with Crippen molar-refractivity contribution in [3.63, 3.8) is 0 Å². The lowest BCUT2D eigenvalue weighted by atomic mass is 9.87. The fraction of sp³-hybridized carbons (Fsp3) is 0.0500. The molecule has 0 radical (unpaired) electrons. The molecule has 1 aliphatic carbocycles. The molecular weight excluding hydrogens is 546 g/mol. The van der Waals surface area contributed by atoms with Crippen molar-refractivity contribution in [3.05, 3.63) is 168 Å². The Balaban J connectivity index is 1.43. The number of halogens is 2. The monoisotopic (exact) mass is 574 g/mol. The number of benzene rings is 7. The van der Waals surface area contributed by atoms with Crippen LogP contribution >= 0.6 is 0 Å². The summed E-state index contributed by atoms with van der Waals surface area (Å²) in [5, 5.41) is 5.78. The van der Waals surface area contributed by atoms with Gasteiger partial charge in [0.1, 0.15) is 11.6 Å². The van der Waals surface area contributed by atoms with Crippen molar-refractivity contribution in [2.24, 2.45) is 0 Å². The normalized spacial score (nSPS) is 12.5. The predicted molar refractivity (Wildman–Crippen MR) is 178 cm³/mol. The quantitative estimate of drug-likeness (QED) is 0.195. The minimum absolute atomic E-state index is 0.264. The molecule has 2 nitrogen and oxygen atoms in total. The van der Waals surface area contributed by atoms with Crippen LogP contribution in [0.25, 0.3) is 27.2 Å². The molecule has 0 saturated heterocycles. The summed E-state index contributed by atoms with van der Waals surface area (Å²) in [5.41, 5.74) is 6.91. The third-order valence-electron chi connectivity index (χ3n) is 8.59. The molecule has 0 spiro atoms. The predicted octanol–water partition coefficient (Wildman–Crippen LogP) is 10.4. The number of hydrogen-bond acceptors (Lipinski definition) is 2. The Kier molecular flexibility index (Phi) is 6.34. The maximum atomic E-state index is 14.6. The molecule has 1 aliphatic rings. The lowest BCUT2D eigenvalue weighted by Gasteiger charge is -2.32. The van der Waals surface area contributed by atoms with E-state index in [1.54, 1.807) is 24.3 Å². The molecule has 0 aromatic heterocycles. The molecule has 44 heavy (non-hydrogen) atoms. The summed E-state index contributed by atoms with van der Waals surface area (Å²) in [6, 6.07) is 47.0. The van der Waals surface area contributed by atoms with Crippen LogP contribution in [0.5, 0.6) is 0 Å². The summed E-state index contributed by atoms with van der Waals surface area (Å²) in [6.45, 7) is 0. The Bertz CT molecular complexity index is 2210. The average Bonchev–Trinajstić information content (AvgIpc) is 3.06. The second kappa shape index (κ2) is 10.7. The van der Waals surface area contributed by atoms with Crippen LogP contribution in [0.2, 0.25) is 0 Å². The lowest BCUT2D eigenvalue weighted by Crippen LogP contribution is -2.27. The van der Waals surface area contributed by atoms with Crippen molar-refractivity contribution in [2.75, 3.05) is 9.80 Å². The van der Waals surface area contributed by atoms with Gasteiger partial charge in [0.25, 0.3) is 0 Å². The van der Waals surface area contributed by atoms with Gasteiger partial charge >= 0.3 is 0 Å². The van der Waals surface area contributed by atoms with E-state index in [-0.39, 0.29) is 11.6 Å². The van der Waals surface area contributed by atoms with Gasteiger partial charge in [0.05, 0.1) is 5.69 Å². The van der Waals surface area contributed by atoms with E-state index in [0.29, 0.717) is 0 Å². The zero-order valence-corrected chi connectivity index (χ0v) is 23.9. The minimum atomic E-state index is -0.279. The van der Waals surface area contributed by atoms with Gasteiger partial charge in [-0.1, -0.05) is 78.9 Å². The number of anilines is 5. The molecule has 4 heteroatoms. The van der Waals surface area contributed by atoms with E-state index in [0.717, 1.165) is 63.0 Å². The molecule has 0 unspecified atom stereocenters. The topological polar surface area (TPSA) is 6.48 Å². The van der Waals surface area contributed by atoms with Gasteiger partial charge in [-0.2, -0.15) is 0 Å². The number of aryl methyl sites for hydroxylation is 1. The van der Waals surface area contributed by atoms with Crippen LogP contribution in [0.15, 0.2) is 146 Å². The molecule has 7 aromatic rings. The molecule has 0 heterocycles. The van der Waals surface area contributed by atoms with Gasteiger partial charge in [0, 0.05) is 39.1 Å². The minimum Gasteiger partial charge on any atom is -0.313 e. The Morgan fingerprint density at radius 2 is 1.05 bits per heavy atom. The Hall–Kier alpha value is -5.48. The van der Waals surface area contributed by atoms with Crippen LogP contribution in [0.4, 0.5) is 37.2 Å². The highest BCUT2D eigenvalue weighted by molar-refractivity contribution is 6.17. The summed E-state index contributed by atoms with van der Waals surface area (Å²) in [7, 11) is 0. The number of para-hydroxylation sites is 2. The van der Waals surface area contributed by atoms with Crippen LogP contribution in [-0.4, -0.2) is 0 Å². The summed E-state index contributed by atoms with van der Waals surface area (Å²) < 4.78 is 29.2. The summed E-state index contributed by atoms with van der Waals surface area (Å²) in [5.74, 6) is -0.542. The first-order valence-electron chi connectivity index (χ1n) is 14.9. The van der Waals surface area contributed by atoms with Crippen molar-refractivity contribution in [2.45, 2.75) is 12.8 Å². The van der Waals surface area contributed by atoms with Gasteiger partial charge in [0.2, 0.25) is 0 Å². The van der Waals surface area contributed by atoms with E-state index >= 15 is 0 Å². The SMILES string of the molecule is Fc1cccc(N(C2=c3ccc4ccc(N(c5ccccc5)c5cccc(F)c5)c5ccc(c3c45)CC2)c2ccccc2)c1. The van der Waals surface area contributed by atoms with Gasteiger partial charge in [-0.15, -0.1) is 0 Å². The first-order chi connectivity index (χ1) is 21.7. The molecule has 0 fully saturated rings. The van der Waals surface area contributed by atoms with Gasteiger partial charge in [-0.05, 0) is 101 Å². The molecule has 0 bridgehead atoms. The van der Waals surface area contributed by atoms with Crippen LogP contribution in [0, 0.1) is 11.6 Å². The van der Waals surface area contributed by atoms with Crippen LogP contribution in [0.1, 0.15) is 12.0 Å². The summed E-state index contributed by atoms with van der Waals surface area (Å²) >= 11 is 0. The van der Waals surface area contributed by atoms with Crippen LogP contribution in [0.3, 0.4) is 0 Å². The van der Waals surface area contributed by atoms with Gasteiger partial charge in [-0.3, -0.25) is 0 Å². The third-order valence-corrected chi connectivity index (χ3v) is 8.59. The van der Waals surface area contributed by atoms with Crippen molar-refractivity contribution in [3.8, 4) is 0 Å². The van der Waals surface area contributed by atoms with E-state index in [1.165, 1.54) is 28.5 Å². The molecule has 0 atom stereocenters. The first-order valence-corrected chi connectivity index (χ1v) is 14.9. The summed E-state index contributed by atoms with van der Waals surface area (Å²) in [4.78, 5) is 4.32. The van der Waals surface area contributed by atoms with E-state index < -0.39 is 0 Å². The van der Waals surface area contributed by atoms with Crippen molar-refractivity contribution in [1.29, 1.82) is 0 Å². The zero-order valence-electron chi connectivity index (χ0n) is 23.9.